The molecule has 1 aromatic carbocycles. The highest BCUT2D eigenvalue weighted by Gasteiger charge is 2.20. The molecule has 0 bridgehead atoms. The van der Waals surface area contributed by atoms with Crippen LogP contribution >= 0.6 is 0 Å². The molecule has 5 nitrogen and oxygen atoms in total. The summed E-state index contributed by atoms with van der Waals surface area (Å²) < 4.78 is 0. The number of rotatable bonds is 9. The summed E-state index contributed by atoms with van der Waals surface area (Å²) in [6.07, 6.45) is 3.89. The van der Waals surface area contributed by atoms with Crippen LogP contribution in [0, 0.1) is 0 Å². The molecule has 21 heavy (non-hydrogen) atoms. The van der Waals surface area contributed by atoms with Crippen molar-refractivity contribution in [2.24, 2.45) is 11.5 Å². The van der Waals surface area contributed by atoms with Gasteiger partial charge in [0, 0.05) is 0 Å². The summed E-state index contributed by atoms with van der Waals surface area (Å²) in [5.41, 5.74) is 9.37. The van der Waals surface area contributed by atoms with Crippen LogP contribution in [-0.4, -0.2) is 56.7 Å². The van der Waals surface area contributed by atoms with Crippen LogP contribution in [-0.2, 0) is 0 Å². The first-order valence-electron chi connectivity index (χ1n) is 7.47. The minimum atomic E-state index is -1.21. The SMILES string of the molecule is NC(CO)(CO)CO.NCCCCC[SiH2]c1ccccc1. The second kappa shape index (κ2) is 12.9. The Balaban J connectivity index is 0.000000433. The summed E-state index contributed by atoms with van der Waals surface area (Å²) in [5, 5.41) is 26.6. The summed E-state index contributed by atoms with van der Waals surface area (Å²) in [4.78, 5) is 0. The Bertz CT molecular complexity index is 327. The van der Waals surface area contributed by atoms with E-state index < -0.39 is 25.4 Å². The highest BCUT2D eigenvalue weighted by molar-refractivity contribution is 6.53. The van der Waals surface area contributed by atoms with E-state index in [0.717, 1.165) is 6.54 Å². The second-order valence-electron chi connectivity index (χ2n) is 5.28. The monoisotopic (exact) mass is 314 g/mol. The molecular weight excluding hydrogens is 284 g/mol. The van der Waals surface area contributed by atoms with Crippen molar-refractivity contribution in [3.63, 3.8) is 0 Å². The van der Waals surface area contributed by atoms with E-state index in [4.69, 9.17) is 26.8 Å². The molecule has 0 saturated heterocycles. The van der Waals surface area contributed by atoms with Crippen molar-refractivity contribution >= 4 is 14.7 Å². The fourth-order valence-corrected chi connectivity index (χ4v) is 3.24. The minimum absolute atomic E-state index is 0.0198. The lowest BCUT2D eigenvalue weighted by Gasteiger charge is -2.20. The standard InChI is InChI=1S/C11H19NSi.C4H11NO3/c12-9-5-2-6-10-13-11-7-3-1-4-8-11;5-4(1-6,2-7)3-8/h1,3-4,7-8H,2,5-6,9-10,12-13H2;6-8H,1-3,5H2. The van der Waals surface area contributed by atoms with Crippen molar-refractivity contribution < 1.29 is 15.3 Å². The highest BCUT2D eigenvalue weighted by Crippen LogP contribution is 1.98. The van der Waals surface area contributed by atoms with E-state index in [2.05, 4.69) is 30.3 Å². The smallest absolute Gasteiger partial charge is 0.0856 e. The molecular formula is C15H30N2O3Si. The molecule has 0 aliphatic heterocycles. The number of aliphatic hydroxyl groups excluding tert-OH is 3. The number of hydrogen-bond donors (Lipinski definition) is 5. The highest BCUT2D eigenvalue weighted by atomic mass is 28.2. The third-order valence-corrected chi connectivity index (χ3v) is 5.11. The van der Waals surface area contributed by atoms with Crippen molar-refractivity contribution in [3.8, 4) is 0 Å². The Morgan fingerprint density at radius 1 is 0.905 bits per heavy atom. The molecule has 6 heteroatoms. The van der Waals surface area contributed by atoms with Crippen molar-refractivity contribution in [3.05, 3.63) is 30.3 Å². The molecule has 0 aliphatic rings. The maximum atomic E-state index is 8.34. The van der Waals surface area contributed by atoms with E-state index in [-0.39, 0.29) is 9.52 Å². The number of nitrogens with two attached hydrogens (primary N) is 2. The van der Waals surface area contributed by atoms with Crippen molar-refractivity contribution in [1.29, 1.82) is 0 Å². The molecule has 0 amide bonds. The van der Waals surface area contributed by atoms with E-state index >= 15 is 0 Å². The molecule has 0 atom stereocenters. The fourth-order valence-electron chi connectivity index (χ4n) is 1.62. The first-order valence-corrected chi connectivity index (χ1v) is 9.18. The summed E-state index contributed by atoms with van der Waals surface area (Å²) in [5.74, 6) is 0. The zero-order valence-electron chi connectivity index (χ0n) is 12.7. The molecule has 0 aliphatic carbocycles. The molecule has 0 heterocycles. The van der Waals surface area contributed by atoms with Gasteiger partial charge in [0.15, 0.2) is 0 Å². The van der Waals surface area contributed by atoms with Crippen LogP contribution in [0.3, 0.4) is 0 Å². The maximum Gasteiger partial charge on any atom is 0.0856 e. The fraction of sp³-hybridized carbons (Fsp3) is 0.600. The summed E-state index contributed by atoms with van der Waals surface area (Å²) in [6, 6.07) is 12.3. The van der Waals surface area contributed by atoms with E-state index in [1.807, 2.05) is 0 Å². The van der Waals surface area contributed by atoms with Gasteiger partial charge >= 0.3 is 0 Å². The average Bonchev–Trinajstić information content (AvgIpc) is 2.55. The van der Waals surface area contributed by atoms with Crippen molar-refractivity contribution in [1.82, 2.24) is 0 Å². The Labute approximate surface area is 129 Å². The predicted octanol–water partition coefficient (Wildman–Crippen LogP) is -1.31. The number of unbranched alkanes of at least 4 members (excludes halogenated alkanes) is 2. The van der Waals surface area contributed by atoms with Crippen LogP contribution in [0.5, 0.6) is 0 Å². The molecule has 0 fully saturated rings. The Morgan fingerprint density at radius 2 is 1.48 bits per heavy atom. The van der Waals surface area contributed by atoms with Gasteiger partial charge in [0.05, 0.1) is 34.9 Å². The van der Waals surface area contributed by atoms with Gasteiger partial charge in [-0.15, -0.1) is 0 Å². The van der Waals surface area contributed by atoms with Gasteiger partial charge in [0.2, 0.25) is 0 Å². The number of aliphatic hydroxyl groups is 3. The van der Waals surface area contributed by atoms with Crippen molar-refractivity contribution in [2.45, 2.75) is 30.8 Å². The van der Waals surface area contributed by atoms with Gasteiger partial charge in [-0.25, -0.2) is 0 Å². The third kappa shape index (κ3) is 10.6. The van der Waals surface area contributed by atoms with Gasteiger partial charge < -0.3 is 26.8 Å². The van der Waals surface area contributed by atoms with Gasteiger partial charge in [0.1, 0.15) is 0 Å². The molecule has 1 aromatic rings. The second-order valence-corrected chi connectivity index (χ2v) is 7.30. The lowest BCUT2D eigenvalue weighted by Crippen LogP contribution is -2.50. The first kappa shape index (κ1) is 20.2. The topological polar surface area (TPSA) is 113 Å². The van der Waals surface area contributed by atoms with Gasteiger partial charge in [-0.1, -0.05) is 54.4 Å². The average molecular weight is 315 g/mol. The van der Waals surface area contributed by atoms with E-state index in [1.54, 1.807) is 5.19 Å². The zero-order valence-corrected chi connectivity index (χ0v) is 14.2. The quantitative estimate of drug-likeness (QED) is 0.287. The number of benzene rings is 1. The molecule has 122 valence electrons. The third-order valence-electron chi connectivity index (χ3n) is 3.21. The molecule has 7 N–H and O–H groups in total. The van der Waals surface area contributed by atoms with Gasteiger partial charge in [0.25, 0.3) is 0 Å². The van der Waals surface area contributed by atoms with Crippen molar-refractivity contribution in [2.75, 3.05) is 26.4 Å². The maximum absolute atomic E-state index is 8.34. The van der Waals surface area contributed by atoms with Crippen LogP contribution in [0.15, 0.2) is 30.3 Å². The van der Waals surface area contributed by atoms with E-state index in [0.29, 0.717) is 0 Å². The van der Waals surface area contributed by atoms with E-state index in [1.165, 1.54) is 25.3 Å². The molecule has 0 saturated carbocycles. The van der Waals surface area contributed by atoms with Crippen LogP contribution in [0.25, 0.3) is 0 Å². The Morgan fingerprint density at radius 3 is 1.90 bits per heavy atom. The lowest BCUT2D eigenvalue weighted by atomic mass is 10.1. The molecule has 1 rings (SSSR count). The van der Waals surface area contributed by atoms with E-state index in [9.17, 15) is 0 Å². The molecule has 0 spiro atoms. The normalized spacial score (nSPS) is 11.5. The van der Waals surface area contributed by atoms with Crippen LogP contribution in [0.2, 0.25) is 6.04 Å². The molecule has 0 aromatic heterocycles. The minimum Gasteiger partial charge on any atom is -0.394 e. The molecule has 0 unspecified atom stereocenters. The van der Waals surface area contributed by atoms with Gasteiger partial charge in [-0.3, -0.25) is 0 Å². The zero-order chi connectivity index (χ0) is 16.0. The van der Waals surface area contributed by atoms with Crippen LogP contribution in [0.4, 0.5) is 0 Å². The Hall–Kier alpha value is -0.763. The van der Waals surface area contributed by atoms with Crippen LogP contribution in [0.1, 0.15) is 19.3 Å². The molecule has 0 radical (unpaired) electrons. The summed E-state index contributed by atoms with van der Waals surface area (Å²) in [6.45, 7) is -0.354. The summed E-state index contributed by atoms with van der Waals surface area (Å²) >= 11 is 0. The number of hydrogen-bond acceptors (Lipinski definition) is 5. The summed E-state index contributed by atoms with van der Waals surface area (Å²) in [7, 11) is 0.0198. The Kier molecular flexibility index (Phi) is 12.5. The lowest BCUT2D eigenvalue weighted by molar-refractivity contribution is 0.0698. The largest absolute Gasteiger partial charge is 0.394 e. The predicted molar refractivity (Wildman–Crippen MR) is 90.5 cm³/mol. The first-order chi connectivity index (χ1) is 10.1. The van der Waals surface area contributed by atoms with Crippen LogP contribution < -0.4 is 16.7 Å². The van der Waals surface area contributed by atoms with Gasteiger partial charge in [-0.05, 0) is 13.0 Å². The van der Waals surface area contributed by atoms with Gasteiger partial charge in [-0.2, -0.15) is 0 Å².